The number of piperidine rings is 1. The fourth-order valence-corrected chi connectivity index (χ4v) is 2.97. The first-order chi connectivity index (χ1) is 8.44. The first kappa shape index (κ1) is 13.8. The Kier molecular flexibility index (Phi) is 3.97. The third-order valence-electron chi connectivity index (χ3n) is 4.52. The summed E-state index contributed by atoms with van der Waals surface area (Å²) in [5.74, 6) is 0.571. The third kappa shape index (κ3) is 2.86. The molecule has 2 N–H and O–H groups in total. The Morgan fingerprint density at radius 3 is 2.67 bits per heavy atom. The molecule has 0 aromatic carbocycles. The summed E-state index contributed by atoms with van der Waals surface area (Å²) in [4.78, 5) is 13.2. The minimum Gasteiger partial charge on any atom is -0.392 e. The number of rotatable bonds is 5. The van der Waals surface area contributed by atoms with Crippen molar-refractivity contribution in [2.75, 3.05) is 20.1 Å². The quantitative estimate of drug-likeness (QED) is 0.769. The summed E-state index contributed by atoms with van der Waals surface area (Å²) in [6.07, 6.45) is 3.63. The zero-order valence-electron chi connectivity index (χ0n) is 11.8. The van der Waals surface area contributed by atoms with Crippen LogP contribution in [0, 0.1) is 11.3 Å². The van der Waals surface area contributed by atoms with Crippen LogP contribution in [0.4, 0.5) is 0 Å². The Morgan fingerprint density at radius 1 is 1.50 bits per heavy atom. The summed E-state index contributed by atoms with van der Waals surface area (Å²) in [6, 6.07) is 0.393. The van der Waals surface area contributed by atoms with Gasteiger partial charge in [-0.1, -0.05) is 13.8 Å². The molecule has 2 fully saturated rings. The van der Waals surface area contributed by atoms with Gasteiger partial charge in [0.1, 0.15) is 0 Å². The van der Waals surface area contributed by atoms with E-state index in [1.165, 1.54) is 0 Å². The lowest BCUT2D eigenvalue weighted by molar-refractivity contribution is -0.132. The maximum absolute atomic E-state index is 11.4. The number of amides is 1. The van der Waals surface area contributed by atoms with Gasteiger partial charge in [-0.25, -0.2) is 0 Å². The fraction of sp³-hybridized carbons (Fsp3) is 0.929. The van der Waals surface area contributed by atoms with Gasteiger partial charge in [-0.15, -0.1) is 0 Å². The maximum Gasteiger partial charge on any atom is 0.222 e. The zero-order chi connectivity index (χ0) is 13.3. The second-order valence-electron chi connectivity index (χ2n) is 6.44. The van der Waals surface area contributed by atoms with Gasteiger partial charge in [0.25, 0.3) is 0 Å². The van der Waals surface area contributed by atoms with Gasteiger partial charge in [-0.3, -0.25) is 4.79 Å². The Bertz CT molecular complexity index is 313. The van der Waals surface area contributed by atoms with E-state index in [4.69, 9.17) is 0 Å². The van der Waals surface area contributed by atoms with Crippen LogP contribution in [0.3, 0.4) is 0 Å². The maximum atomic E-state index is 11.4. The Morgan fingerprint density at radius 2 is 2.17 bits per heavy atom. The van der Waals surface area contributed by atoms with E-state index in [1.54, 1.807) is 4.90 Å². The van der Waals surface area contributed by atoms with Crippen LogP contribution in [0.15, 0.2) is 0 Å². The van der Waals surface area contributed by atoms with E-state index in [9.17, 15) is 9.90 Å². The van der Waals surface area contributed by atoms with E-state index in [0.717, 1.165) is 32.4 Å². The molecule has 4 nitrogen and oxygen atoms in total. The number of nitrogens with zero attached hydrogens (tertiary/aromatic N) is 1. The molecule has 1 aliphatic heterocycles. The minimum absolute atomic E-state index is 0.105. The summed E-state index contributed by atoms with van der Waals surface area (Å²) in [7, 11) is 1.87. The topological polar surface area (TPSA) is 52.6 Å². The molecule has 1 heterocycles. The predicted octanol–water partition coefficient (Wildman–Crippen LogP) is 0.994. The van der Waals surface area contributed by atoms with Crippen LogP contribution >= 0.6 is 0 Å². The summed E-state index contributed by atoms with van der Waals surface area (Å²) in [5.41, 5.74) is 0.105. The van der Waals surface area contributed by atoms with Gasteiger partial charge < -0.3 is 15.3 Å². The average Bonchev–Trinajstić information content (AvgIpc) is 3.11. The second kappa shape index (κ2) is 5.17. The lowest BCUT2D eigenvalue weighted by Crippen LogP contribution is -2.49. The van der Waals surface area contributed by atoms with Crippen LogP contribution in [-0.4, -0.2) is 48.2 Å². The Hall–Kier alpha value is -0.610. The van der Waals surface area contributed by atoms with E-state index in [1.807, 2.05) is 7.05 Å². The number of hydrogen-bond donors (Lipinski definition) is 2. The number of hydrogen-bond acceptors (Lipinski definition) is 3. The molecule has 0 aromatic rings. The minimum atomic E-state index is -0.201. The summed E-state index contributed by atoms with van der Waals surface area (Å²) >= 11 is 0. The number of aliphatic hydroxyl groups excluding tert-OH is 1. The van der Waals surface area contributed by atoms with Crippen molar-refractivity contribution < 1.29 is 9.90 Å². The van der Waals surface area contributed by atoms with Crippen LogP contribution in [-0.2, 0) is 4.79 Å². The van der Waals surface area contributed by atoms with Crippen molar-refractivity contribution in [1.29, 1.82) is 0 Å². The number of nitrogens with one attached hydrogen (secondary N) is 1. The highest BCUT2D eigenvalue weighted by Crippen LogP contribution is 2.50. The van der Waals surface area contributed by atoms with Crippen molar-refractivity contribution in [2.45, 2.75) is 51.7 Å². The van der Waals surface area contributed by atoms with E-state index >= 15 is 0 Å². The molecule has 2 atom stereocenters. The number of carbonyl (C=O) groups is 1. The van der Waals surface area contributed by atoms with Gasteiger partial charge in [0.15, 0.2) is 0 Å². The first-order valence-electron chi connectivity index (χ1n) is 7.10. The lowest BCUT2D eigenvalue weighted by atomic mass is 9.90. The number of likely N-dealkylation sites (tertiary alicyclic amines) is 1. The average molecular weight is 254 g/mol. The van der Waals surface area contributed by atoms with Crippen molar-refractivity contribution in [3.63, 3.8) is 0 Å². The van der Waals surface area contributed by atoms with E-state index < -0.39 is 0 Å². The number of likely N-dealkylation sites (N-methyl/N-ethyl adjacent to an activating group) is 1. The molecule has 0 radical (unpaired) electrons. The van der Waals surface area contributed by atoms with Crippen LogP contribution < -0.4 is 5.32 Å². The molecule has 18 heavy (non-hydrogen) atoms. The first-order valence-corrected chi connectivity index (χ1v) is 7.10. The van der Waals surface area contributed by atoms with Gasteiger partial charge in [0.05, 0.1) is 6.10 Å². The van der Waals surface area contributed by atoms with Crippen LogP contribution in [0.2, 0.25) is 0 Å². The summed E-state index contributed by atoms with van der Waals surface area (Å²) < 4.78 is 0. The van der Waals surface area contributed by atoms with Crippen LogP contribution in [0.1, 0.15) is 39.5 Å². The van der Waals surface area contributed by atoms with E-state index in [-0.39, 0.29) is 17.4 Å². The largest absolute Gasteiger partial charge is 0.392 e. The molecule has 1 amide bonds. The van der Waals surface area contributed by atoms with Crippen molar-refractivity contribution >= 4 is 5.91 Å². The molecule has 2 rings (SSSR count). The smallest absolute Gasteiger partial charge is 0.222 e. The molecule has 2 unspecified atom stereocenters. The fourth-order valence-electron chi connectivity index (χ4n) is 2.97. The SMILES string of the molecule is CC(C)C(O)C1(CNC2CCC(=O)N(C)C2)CC1. The summed E-state index contributed by atoms with van der Waals surface area (Å²) in [5, 5.41) is 13.8. The molecule has 1 saturated heterocycles. The number of aliphatic hydroxyl groups is 1. The molecule has 104 valence electrons. The molecule has 4 heteroatoms. The Balaban J connectivity index is 1.80. The third-order valence-corrected chi connectivity index (χ3v) is 4.52. The number of carbonyl (C=O) groups excluding carboxylic acids is 1. The molecular weight excluding hydrogens is 228 g/mol. The normalized spacial score (nSPS) is 28.6. The second-order valence-corrected chi connectivity index (χ2v) is 6.44. The van der Waals surface area contributed by atoms with Gasteiger partial charge in [-0.05, 0) is 25.2 Å². The highest BCUT2D eigenvalue weighted by molar-refractivity contribution is 5.76. The van der Waals surface area contributed by atoms with Gasteiger partial charge in [0, 0.05) is 38.0 Å². The highest BCUT2D eigenvalue weighted by Gasteiger charge is 2.49. The summed E-state index contributed by atoms with van der Waals surface area (Å²) in [6.45, 7) is 5.85. The molecule has 1 aliphatic carbocycles. The monoisotopic (exact) mass is 254 g/mol. The van der Waals surface area contributed by atoms with Gasteiger partial charge in [0.2, 0.25) is 5.91 Å². The zero-order valence-corrected chi connectivity index (χ0v) is 11.8. The predicted molar refractivity (Wildman–Crippen MR) is 71.2 cm³/mol. The molecule has 1 saturated carbocycles. The van der Waals surface area contributed by atoms with Crippen molar-refractivity contribution in [2.24, 2.45) is 11.3 Å². The van der Waals surface area contributed by atoms with Crippen molar-refractivity contribution in [3.05, 3.63) is 0 Å². The van der Waals surface area contributed by atoms with E-state index in [2.05, 4.69) is 19.2 Å². The molecule has 0 bridgehead atoms. The van der Waals surface area contributed by atoms with Gasteiger partial charge >= 0.3 is 0 Å². The Labute approximate surface area is 110 Å². The van der Waals surface area contributed by atoms with E-state index in [0.29, 0.717) is 18.4 Å². The molecule has 2 aliphatic rings. The molecular formula is C14H26N2O2. The van der Waals surface area contributed by atoms with Gasteiger partial charge in [-0.2, -0.15) is 0 Å². The highest BCUT2D eigenvalue weighted by atomic mass is 16.3. The standard InChI is InChI=1S/C14H26N2O2/c1-10(2)13(18)14(6-7-14)9-15-11-4-5-12(17)16(3)8-11/h10-11,13,15,18H,4-9H2,1-3H3. The van der Waals surface area contributed by atoms with Crippen molar-refractivity contribution in [3.8, 4) is 0 Å². The lowest BCUT2D eigenvalue weighted by Gasteiger charge is -2.33. The molecule has 0 aromatic heterocycles. The molecule has 0 spiro atoms. The van der Waals surface area contributed by atoms with Crippen LogP contribution in [0.25, 0.3) is 0 Å². The van der Waals surface area contributed by atoms with Crippen LogP contribution in [0.5, 0.6) is 0 Å². The van der Waals surface area contributed by atoms with Crippen molar-refractivity contribution in [1.82, 2.24) is 10.2 Å².